The maximum Gasteiger partial charge on any atom is 0.197 e. The Kier molecular flexibility index (Phi) is 5.94. The van der Waals surface area contributed by atoms with Crippen LogP contribution in [0.5, 0.6) is 5.75 Å². The SMILES string of the molecule is CCC1(CCOc2ccnc(CS(=O)c3nc4ccccc4[nH]3)c2C)OCCO1. The van der Waals surface area contributed by atoms with Crippen molar-refractivity contribution in [1.82, 2.24) is 15.0 Å². The average molecular weight is 416 g/mol. The molecule has 154 valence electrons. The van der Waals surface area contributed by atoms with Gasteiger partial charge in [-0.15, -0.1) is 0 Å². The molecule has 1 aliphatic rings. The minimum absolute atomic E-state index is 0.272. The van der Waals surface area contributed by atoms with Crippen molar-refractivity contribution >= 4 is 21.8 Å². The molecule has 4 rings (SSSR count). The molecule has 3 heterocycles. The number of pyridine rings is 1. The number of fused-ring (bicyclic) bond motifs is 1. The van der Waals surface area contributed by atoms with Crippen LogP contribution in [-0.4, -0.2) is 44.8 Å². The molecule has 0 bridgehead atoms. The third-order valence-electron chi connectivity index (χ3n) is 5.20. The molecule has 1 atom stereocenters. The quantitative estimate of drug-likeness (QED) is 0.606. The van der Waals surface area contributed by atoms with Crippen molar-refractivity contribution in [3.63, 3.8) is 0 Å². The summed E-state index contributed by atoms with van der Waals surface area (Å²) in [5, 5.41) is 0.458. The summed E-state index contributed by atoms with van der Waals surface area (Å²) in [4.78, 5) is 12.0. The zero-order valence-corrected chi connectivity index (χ0v) is 17.5. The van der Waals surface area contributed by atoms with Gasteiger partial charge < -0.3 is 19.2 Å². The predicted molar refractivity (Wildman–Crippen MR) is 110 cm³/mol. The van der Waals surface area contributed by atoms with Crippen LogP contribution in [0.2, 0.25) is 0 Å². The zero-order valence-electron chi connectivity index (χ0n) is 16.6. The van der Waals surface area contributed by atoms with Gasteiger partial charge in [0.05, 0.1) is 53.1 Å². The van der Waals surface area contributed by atoms with Crippen LogP contribution in [0, 0.1) is 6.92 Å². The van der Waals surface area contributed by atoms with Crippen LogP contribution in [0.15, 0.2) is 41.7 Å². The Balaban J connectivity index is 1.42. The first kappa shape index (κ1) is 20.0. The molecule has 1 N–H and O–H groups in total. The molecule has 7 nitrogen and oxygen atoms in total. The van der Waals surface area contributed by atoms with E-state index in [0.29, 0.717) is 31.4 Å². The summed E-state index contributed by atoms with van der Waals surface area (Å²) in [5.74, 6) is 0.474. The van der Waals surface area contributed by atoms with E-state index in [4.69, 9.17) is 14.2 Å². The van der Waals surface area contributed by atoms with E-state index < -0.39 is 16.6 Å². The van der Waals surface area contributed by atoms with E-state index in [1.165, 1.54) is 0 Å². The Bertz CT molecular complexity index is 981. The largest absolute Gasteiger partial charge is 0.493 e. The summed E-state index contributed by atoms with van der Waals surface area (Å²) in [5.41, 5.74) is 3.30. The maximum absolute atomic E-state index is 12.8. The Morgan fingerprint density at radius 3 is 2.79 bits per heavy atom. The van der Waals surface area contributed by atoms with Crippen molar-refractivity contribution in [3.05, 3.63) is 47.8 Å². The molecule has 0 radical (unpaired) electrons. The van der Waals surface area contributed by atoms with Crippen molar-refractivity contribution in [2.75, 3.05) is 19.8 Å². The third kappa shape index (κ3) is 4.34. The third-order valence-corrected chi connectivity index (χ3v) is 6.36. The first-order valence-corrected chi connectivity index (χ1v) is 11.1. The van der Waals surface area contributed by atoms with Gasteiger partial charge in [-0.25, -0.2) is 4.98 Å². The first-order chi connectivity index (χ1) is 14.1. The summed E-state index contributed by atoms with van der Waals surface area (Å²) >= 11 is 0. The number of aromatic nitrogens is 3. The van der Waals surface area contributed by atoms with Gasteiger partial charge in [0.1, 0.15) is 5.75 Å². The first-order valence-electron chi connectivity index (χ1n) is 9.78. The number of ether oxygens (including phenoxy) is 3. The van der Waals surface area contributed by atoms with E-state index >= 15 is 0 Å². The fourth-order valence-corrected chi connectivity index (χ4v) is 4.53. The van der Waals surface area contributed by atoms with E-state index in [2.05, 4.69) is 21.9 Å². The van der Waals surface area contributed by atoms with Crippen LogP contribution >= 0.6 is 0 Å². The number of para-hydroxylation sites is 2. The summed E-state index contributed by atoms with van der Waals surface area (Å²) in [6.07, 6.45) is 3.13. The van der Waals surface area contributed by atoms with Gasteiger partial charge >= 0.3 is 0 Å². The second-order valence-electron chi connectivity index (χ2n) is 6.99. The highest BCUT2D eigenvalue weighted by atomic mass is 32.2. The lowest BCUT2D eigenvalue weighted by atomic mass is 10.1. The smallest absolute Gasteiger partial charge is 0.197 e. The minimum Gasteiger partial charge on any atom is -0.493 e. The number of hydrogen-bond donors (Lipinski definition) is 1. The van der Waals surface area contributed by atoms with E-state index in [1.807, 2.05) is 37.3 Å². The van der Waals surface area contributed by atoms with Crippen molar-refractivity contribution in [1.29, 1.82) is 0 Å². The number of imidazole rings is 1. The molecule has 1 aromatic carbocycles. The predicted octanol–water partition coefficient (Wildman–Crippen LogP) is 3.50. The molecule has 29 heavy (non-hydrogen) atoms. The Morgan fingerprint density at radius 2 is 2.03 bits per heavy atom. The van der Waals surface area contributed by atoms with E-state index in [0.717, 1.165) is 34.5 Å². The maximum atomic E-state index is 12.8. The monoisotopic (exact) mass is 415 g/mol. The second kappa shape index (κ2) is 8.61. The highest BCUT2D eigenvalue weighted by Crippen LogP contribution is 2.28. The molecular weight excluding hydrogens is 390 g/mol. The van der Waals surface area contributed by atoms with Gasteiger partial charge in [-0.2, -0.15) is 0 Å². The molecule has 0 spiro atoms. The fourth-order valence-electron chi connectivity index (χ4n) is 3.43. The molecule has 0 amide bonds. The standard InChI is InChI=1S/C21H25N3O4S/c1-3-21(27-12-13-28-21)9-11-26-19-8-10-22-18(15(19)2)14-29(25)20-23-16-6-4-5-7-17(16)24-20/h4-8,10H,3,9,11-14H2,1-2H3,(H,23,24). The molecule has 2 aromatic heterocycles. The van der Waals surface area contributed by atoms with Gasteiger partial charge in [0.2, 0.25) is 0 Å². The van der Waals surface area contributed by atoms with Crippen LogP contribution in [0.25, 0.3) is 11.0 Å². The van der Waals surface area contributed by atoms with Crippen LogP contribution in [0.1, 0.15) is 31.0 Å². The zero-order chi connectivity index (χ0) is 20.3. The molecule has 1 unspecified atom stereocenters. The van der Waals surface area contributed by atoms with Crippen LogP contribution in [0.4, 0.5) is 0 Å². The van der Waals surface area contributed by atoms with Gasteiger partial charge in [0.15, 0.2) is 10.9 Å². The van der Waals surface area contributed by atoms with E-state index in [9.17, 15) is 4.21 Å². The summed E-state index contributed by atoms with van der Waals surface area (Å²) in [7, 11) is -1.33. The number of benzene rings is 1. The Hall–Kier alpha value is -2.29. The summed E-state index contributed by atoms with van der Waals surface area (Å²) in [6.45, 7) is 5.71. The number of rotatable bonds is 8. The average Bonchev–Trinajstić information content (AvgIpc) is 3.38. The van der Waals surface area contributed by atoms with Crippen molar-refractivity contribution in [2.45, 2.75) is 43.4 Å². The topological polar surface area (TPSA) is 86.3 Å². The van der Waals surface area contributed by atoms with Crippen LogP contribution < -0.4 is 4.74 Å². The number of nitrogens with zero attached hydrogens (tertiary/aromatic N) is 2. The molecular formula is C21H25N3O4S. The number of aromatic amines is 1. The highest BCUT2D eigenvalue weighted by molar-refractivity contribution is 7.84. The lowest BCUT2D eigenvalue weighted by molar-refractivity contribution is -0.167. The number of nitrogens with one attached hydrogen (secondary N) is 1. The van der Waals surface area contributed by atoms with Crippen LogP contribution in [0.3, 0.4) is 0 Å². The molecule has 1 fully saturated rings. The van der Waals surface area contributed by atoms with E-state index in [1.54, 1.807) is 6.20 Å². The molecule has 3 aromatic rings. The highest BCUT2D eigenvalue weighted by Gasteiger charge is 2.34. The van der Waals surface area contributed by atoms with Crippen molar-refractivity contribution < 1.29 is 18.4 Å². The van der Waals surface area contributed by atoms with Gasteiger partial charge in [-0.05, 0) is 31.5 Å². The van der Waals surface area contributed by atoms with Gasteiger partial charge in [0, 0.05) is 18.2 Å². The summed E-state index contributed by atoms with van der Waals surface area (Å²) < 4.78 is 30.3. The molecule has 8 heteroatoms. The Labute approximate surface area is 172 Å². The van der Waals surface area contributed by atoms with Gasteiger partial charge in [0.25, 0.3) is 0 Å². The molecule has 0 saturated carbocycles. The molecule has 0 aliphatic carbocycles. The van der Waals surface area contributed by atoms with Crippen LogP contribution in [-0.2, 0) is 26.0 Å². The molecule has 1 aliphatic heterocycles. The number of hydrogen-bond acceptors (Lipinski definition) is 6. The number of H-pyrrole nitrogens is 1. The van der Waals surface area contributed by atoms with Crippen molar-refractivity contribution in [3.8, 4) is 5.75 Å². The second-order valence-corrected chi connectivity index (χ2v) is 8.36. The lowest BCUT2D eigenvalue weighted by Gasteiger charge is -2.25. The van der Waals surface area contributed by atoms with Crippen molar-refractivity contribution in [2.24, 2.45) is 0 Å². The Morgan fingerprint density at radius 1 is 1.24 bits per heavy atom. The van der Waals surface area contributed by atoms with Gasteiger partial charge in [-0.3, -0.25) is 9.19 Å². The van der Waals surface area contributed by atoms with E-state index in [-0.39, 0.29) is 5.75 Å². The normalized spacial score (nSPS) is 16.9. The molecule has 1 saturated heterocycles. The minimum atomic E-state index is -1.33. The van der Waals surface area contributed by atoms with Gasteiger partial charge in [-0.1, -0.05) is 19.1 Å². The summed E-state index contributed by atoms with van der Waals surface area (Å²) in [6, 6.07) is 9.47. The fraction of sp³-hybridized carbons (Fsp3) is 0.429. The lowest BCUT2D eigenvalue weighted by Crippen LogP contribution is -2.31.